The minimum Gasteiger partial charge on any atom is -0.478 e. The van der Waals surface area contributed by atoms with Crippen molar-refractivity contribution in [3.63, 3.8) is 0 Å². The van der Waals surface area contributed by atoms with Gasteiger partial charge in [0.15, 0.2) is 0 Å². The van der Waals surface area contributed by atoms with Gasteiger partial charge in [-0.05, 0) is 24.6 Å². The first-order chi connectivity index (χ1) is 7.91. The molecule has 5 heteroatoms. The van der Waals surface area contributed by atoms with Gasteiger partial charge in [-0.2, -0.15) is 0 Å². The van der Waals surface area contributed by atoms with E-state index in [1.165, 1.54) is 4.57 Å². The Kier molecular flexibility index (Phi) is 2.67. The molecule has 4 nitrogen and oxygen atoms in total. The molecule has 0 amide bonds. The summed E-state index contributed by atoms with van der Waals surface area (Å²) in [4.78, 5) is 22.8. The zero-order chi connectivity index (χ0) is 12.7. The van der Waals surface area contributed by atoms with E-state index in [-0.39, 0.29) is 11.1 Å². The molecule has 0 aliphatic carbocycles. The van der Waals surface area contributed by atoms with Gasteiger partial charge in [0.05, 0.1) is 11.1 Å². The number of hydrogen-bond acceptors (Lipinski definition) is 2. The smallest absolute Gasteiger partial charge is 0.336 e. The maximum absolute atomic E-state index is 11.7. The number of carboxylic acid groups (broad SMARTS) is 1. The highest BCUT2D eigenvalue weighted by molar-refractivity contribution is 6.31. The second-order valence-electron chi connectivity index (χ2n) is 3.88. The highest BCUT2D eigenvalue weighted by Crippen LogP contribution is 2.24. The van der Waals surface area contributed by atoms with Gasteiger partial charge in [0.1, 0.15) is 0 Å². The topological polar surface area (TPSA) is 59.3 Å². The molecule has 17 heavy (non-hydrogen) atoms. The zero-order valence-corrected chi connectivity index (χ0v) is 10.1. The number of rotatable bonds is 1. The molecule has 0 aliphatic heterocycles. The first-order valence-corrected chi connectivity index (χ1v) is 5.33. The van der Waals surface area contributed by atoms with Crippen LogP contribution in [0, 0.1) is 6.92 Å². The molecule has 2 aromatic rings. The Morgan fingerprint density at radius 3 is 2.59 bits per heavy atom. The third-order valence-electron chi connectivity index (χ3n) is 2.72. The molecule has 0 unspecified atom stereocenters. The molecule has 0 radical (unpaired) electrons. The van der Waals surface area contributed by atoms with Gasteiger partial charge in [-0.15, -0.1) is 0 Å². The molecule has 0 bridgehead atoms. The number of fused-ring (bicyclic) bond motifs is 1. The van der Waals surface area contributed by atoms with Gasteiger partial charge in [0, 0.05) is 23.5 Å². The third kappa shape index (κ3) is 1.80. The highest BCUT2D eigenvalue weighted by Gasteiger charge is 2.14. The Balaban J connectivity index is 3.09. The molecule has 1 aromatic heterocycles. The van der Waals surface area contributed by atoms with Gasteiger partial charge in [-0.1, -0.05) is 11.6 Å². The van der Waals surface area contributed by atoms with Gasteiger partial charge in [0.2, 0.25) is 0 Å². The molecule has 1 aromatic carbocycles. The number of pyridine rings is 1. The predicted octanol–water partition coefficient (Wildman–Crippen LogP) is 2.20. The molecular weight excluding hydrogens is 242 g/mol. The van der Waals surface area contributed by atoms with E-state index in [1.54, 1.807) is 26.1 Å². The summed E-state index contributed by atoms with van der Waals surface area (Å²) in [6, 6.07) is 4.38. The first kappa shape index (κ1) is 11.7. The van der Waals surface area contributed by atoms with Crippen molar-refractivity contribution < 1.29 is 9.90 Å². The van der Waals surface area contributed by atoms with Crippen LogP contribution in [0.3, 0.4) is 0 Å². The second-order valence-corrected chi connectivity index (χ2v) is 4.32. The maximum atomic E-state index is 11.7. The van der Waals surface area contributed by atoms with Crippen molar-refractivity contribution in [2.45, 2.75) is 6.92 Å². The van der Waals surface area contributed by atoms with E-state index in [2.05, 4.69) is 0 Å². The van der Waals surface area contributed by atoms with E-state index < -0.39 is 5.97 Å². The number of benzene rings is 1. The van der Waals surface area contributed by atoms with Crippen molar-refractivity contribution in [2.75, 3.05) is 0 Å². The van der Waals surface area contributed by atoms with Crippen molar-refractivity contribution in [3.8, 4) is 0 Å². The van der Waals surface area contributed by atoms with E-state index in [1.807, 2.05) is 0 Å². The summed E-state index contributed by atoms with van der Waals surface area (Å²) in [5.74, 6) is -1.13. The zero-order valence-electron chi connectivity index (χ0n) is 9.32. The Morgan fingerprint density at radius 2 is 2.00 bits per heavy atom. The minimum absolute atomic E-state index is 0.0197. The lowest BCUT2D eigenvalue weighted by Gasteiger charge is -2.10. The Hall–Kier alpha value is -1.81. The average Bonchev–Trinajstić information content (AvgIpc) is 2.21. The number of carboxylic acids is 1. The number of aromatic carboxylic acids is 1. The standard InChI is InChI=1S/C12H10ClNO3/c1-6-3-7(13)4-8-9(12(16)17)5-10(15)14(2)11(6)8/h3-5H,1-2H3,(H,16,17). The summed E-state index contributed by atoms with van der Waals surface area (Å²) in [7, 11) is 1.61. The van der Waals surface area contributed by atoms with Crippen molar-refractivity contribution in [3.05, 3.63) is 44.7 Å². The largest absolute Gasteiger partial charge is 0.478 e. The SMILES string of the molecule is Cc1cc(Cl)cc2c(C(=O)O)cc(=O)n(C)c12. The first-order valence-electron chi connectivity index (χ1n) is 4.95. The summed E-state index contributed by atoms with van der Waals surface area (Å²) in [5.41, 5.74) is 1.00. The second kappa shape index (κ2) is 3.89. The van der Waals surface area contributed by atoms with Gasteiger partial charge in [-0.25, -0.2) is 4.79 Å². The molecular formula is C12H10ClNO3. The number of aromatic nitrogens is 1. The predicted molar refractivity (Wildman–Crippen MR) is 65.9 cm³/mol. The molecule has 0 saturated carbocycles. The molecule has 1 N–H and O–H groups in total. The summed E-state index contributed by atoms with van der Waals surface area (Å²) < 4.78 is 1.42. The van der Waals surface area contributed by atoms with Crippen LogP contribution in [0.1, 0.15) is 15.9 Å². The van der Waals surface area contributed by atoms with Gasteiger partial charge >= 0.3 is 5.97 Å². The monoisotopic (exact) mass is 251 g/mol. The number of carbonyl (C=O) groups is 1. The van der Waals surface area contributed by atoms with Crippen LogP contribution in [0.25, 0.3) is 10.9 Å². The van der Waals surface area contributed by atoms with Crippen LogP contribution in [0.15, 0.2) is 23.0 Å². The number of halogens is 1. The van der Waals surface area contributed by atoms with Crippen molar-refractivity contribution in [2.24, 2.45) is 7.05 Å². The molecule has 2 rings (SSSR count). The minimum atomic E-state index is -1.13. The number of aryl methyl sites for hydroxylation is 2. The molecule has 0 fully saturated rings. The Bertz CT molecular complexity index is 688. The van der Waals surface area contributed by atoms with Crippen LogP contribution in [0.4, 0.5) is 0 Å². The van der Waals surface area contributed by atoms with Gasteiger partial charge < -0.3 is 9.67 Å². The highest BCUT2D eigenvalue weighted by atomic mass is 35.5. The molecule has 1 heterocycles. The average molecular weight is 252 g/mol. The lowest BCUT2D eigenvalue weighted by atomic mass is 10.1. The number of hydrogen-bond donors (Lipinski definition) is 1. The van der Waals surface area contributed by atoms with Crippen LogP contribution >= 0.6 is 11.6 Å². The van der Waals surface area contributed by atoms with E-state index in [4.69, 9.17) is 16.7 Å². The third-order valence-corrected chi connectivity index (χ3v) is 2.94. The summed E-state index contributed by atoms with van der Waals surface area (Å²) in [6.07, 6.45) is 0. The van der Waals surface area contributed by atoms with E-state index in [0.717, 1.165) is 11.6 Å². The lowest BCUT2D eigenvalue weighted by molar-refractivity contribution is 0.0699. The van der Waals surface area contributed by atoms with Crippen molar-refractivity contribution in [1.29, 1.82) is 0 Å². The summed E-state index contributed by atoms with van der Waals surface area (Å²) >= 11 is 5.91. The molecule has 0 spiro atoms. The molecule has 0 saturated heterocycles. The Morgan fingerprint density at radius 1 is 1.35 bits per heavy atom. The Labute approximate surface area is 102 Å². The van der Waals surface area contributed by atoms with Crippen molar-refractivity contribution >= 4 is 28.5 Å². The fourth-order valence-corrected chi connectivity index (χ4v) is 2.24. The van der Waals surface area contributed by atoms with Crippen LogP contribution in [-0.2, 0) is 7.05 Å². The fourth-order valence-electron chi connectivity index (χ4n) is 1.97. The van der Waals surface area contributed by atoms with Crippen LogP contribution in [0.2, 0.25) is 5.02 Å². The normalized spacial score (nSPS) is 10.8. The molecule has 0 aliphatic rings. The molecule has 88 valence electrons. The van der Waals surface area contributed by atoms with Crippen molar-refractivity contribution in [1.82, 2.24) is 4.57 Å². The quantitative estimate of drug-likeness (QED) is 0.845. The summed E-state index contributed by atoms with van der Waals surface area (Å²) in [5, 5.41) is 10.0. The summed E-state index contributed by atoms with van der Waals surface area (Å²) in [6.45, 7) is 1.79. The van der Waals surface area contributed by atoms with Crippen LogP contribution in [0.5, 0.6) is 0 Å². The van der Waals surface area contributed by atoms with E-state index in [9.17, 15) is 9.59 Å². The fraction of sp³-hybridized carbons (Fsp3) is 0.167. The van der Waals surface area contributed by atoms with Crippen LogP contribution in [-0.4, -0.2) is 15.6 Å². The van der Waals surface area contributed by atoms with E-state index in [0.29, 0.717) is 15.9 Å². The van der Waals surface area contributed by atoms with Gasteiger partial charge in [0.25, 0.3) is 5.56 Å². The maximum Gasteiger partial charge on any atom is 0.336 e. The van der Waals surface area contributed by atoms with Gasteiger partial charge in [-0.3, -0.25) is 4.79 Å². The number of nitrogens with zero attached hydrogens (tertiary/aromatic N) is 1. The van der Waals surface area contributed by atoms with Crippen LogP contribution < -0.4 is 5.56 Å². The molecule has 0 atom stereocenters. The lowest BCUT2D eigenvalue weighted by Crippen LogP contribution is -2.19. The van der Waals surface area contributed by atoms with E-state index >= 15 is 0 Å².